The van der Waals surface area contributed by atoms with Gasteiger partial charge in [-0.3, -0.25) is 19.8 Å². The second kappa shape index (κ2) is 5.12. The summed E-state index contributed by atoms with van der Waals surface area (Å²) in [6.07, 6.45) is 0.913. The Kier molecular flexibility index (Phi) is 3.39. The van der Waals surface area contributed by atoms with E-state index in [0.717, 1.165) is 5.56 Å². The van der Waals surface area contributed by atoms with Gasteiger partial charge in [-0.15, -0.1) is 0 Å². The van der Waals surface area contributed by atoms with Crippen molar-refractivity contribution in [1.29, 1.82) is 0 Å². The summed E-state index contributed by atoms with van der Waals surface area (Å²) in [5.41, 5.74) is 0.929. The van der Waals surface area contributed by atoms with E-state index in [1.807, 2.05) is 31.2 Å². The molecule has 116 valence electrons. The van der Waals surface area contributed by atoms with E-state index in [4.69, 9.17) is 0 Å². The number of hydrogen-bond donors (Lipinski definition) is 1. The summed E-state index contributed by atoms with van der Waals surface area (Å²) < 4.78 is 0. The number of benzene rings is 1. The quantitative estimate of drug-likeness (QED) is 0.798. The van der Waals surface area contributed by atoms with Gasteiger partial charge < -0.3 is 4.90 Å². The normalized spacial score (nSPS) is 20.5. The summed E-state index contributed by atoms with van der Waals surface area (Å²) in [5.74, 6) is -0.261. The maximum atomic E-state index is 12.4. The molecule has 0 atom stereocenters. The minimum absolute atomic E-state index is 0.00136. The SMILES string of the molecule is CC(=O)N1CCC2(CC1)C(=O)NC(=O)N2c1ccc(C)cc1. The van der Waals surface area contributed by atoms with Crippen LogP contribution in [-0.4, -0.2) is 41.4 Å². The molecule has 2 fully saturated rings. The van der Waals surface area contributed by atoms with Crippen molar-refractivity contribution in [2.45, 2.75) is 32.2 Å². The Balaban J connectivity index is 1.94. The van der Waals surface area contributed by atoms with Gasteiger partial charge in [0.2, 0.25) is 5.91 Å². The number of anilines is 1. The van der Waals surface area contributed by atoms with Crippen molar-refractivity contribution < 1.29 is 14.4 Å². The van der Waals surface area contributed by atoms with Crippen LogP contribution in [0.15, 0.2) is 24.3 Å². The number of carbonyl (C=O) groups is 3. The Morgan fingerprint density at radius 1 is 1.14 bits per heavy atom. The first-order valence-corrected chi connectivity index (χ1v) is 7.42. The molecular weight excluding hydrogens is 282 g/mol. The lowest BCUT2D eigenvalue weighted by Gasteiger charge is -2.41. The van der Waals surface area contributed by atoms with Crippen molar-refractivity contribution in [2.24, 2.45) is 0 Å². The van der Waals surface area contributed by atoms with E-state index in [9.17, 15) is 14.4 Å². The summed E-state index contributed by atoms with van der Waals surface area (Å²) in [6, 6.07) is 7.16. The molecule has 6 heteroatoms. The highest BCUT2D eigenvalue weighted by molar-refractivity contribution is 6.17. The van der Waals surface area contributed by atoms with Gasteiger partial charge in [0, 0.05) is 25.7 Å². The van der Waals surface area contributed by atoms with Crippen molar-refractivity contribution in [2.75, 3.05) is 18.0 Å². The van der Waals surface area contributed by atoms with E-state index in [0.29, 0.717) is 31.6 Å². The number of imide groups is 1. The fourth-order valence-electron chi connectivity index (χ4n) is 3.27. The maximum absolute atomic E-state index is 12.4. The van der Waals surface area contributed by atoms with E-state index in [2.05, 4.69) is 5.32 Å². The Labute approximate surface area is 129 Å². The van der Waals surface area contributed by atoms with Gasteiger partial charge in [-0.2, -0.15) is 0 Å². The molecule has 2 aliphatic heterocycles. The molecule has 1 aromatic carbocycles. The molecule has 0 radical (unpaired) electrons. The van der Waals surface area contributed by atoms with Gasteiger partial charge in [0.05, 0.1) is 0 Å². The Morgan fingerprint density at radius 2 is 1.73 bits per heavy atom. The molecule has 2 heterocycles. The highest BCUT2D eigenvalue weighted by atomic mass is 16.2. The molecular formula is C16H19N3O3. The van der Waals surface area contributed by atoms with Crippen LogP contribution in [0, 0.1) is 6.92 Å². The minimum Gasteiger partial charge on any atom is -0.343 e. The van der Waals surface area contributed by atoms with Gasteiger partial charge in [-0.1, -0.05) is 17.7 Å². The lowest BCUT2D eigenvalue weighted by Crippen LogP contribution is -2.57. The van der Waals surface area contributed by atoms with Gasteiger partial charge in [0.25, 0.3) is 5.91 Å². The van der Waals surface area contributed by atoms with Crippen molar-refractivity contribution in [3.63, 3.8) is 0 Å². The summed E-state index contributed by atoms with van der Waals surface area (Å²) in [7, 11) is 0. The second-order valence-corrected chi connectivity index (χ2v) is 5.97. The number of piperidine rings is 1. The molecule has 4 amide bonds. The first-order valence-electron chi connectivity index (χ1n) is 7.42. The van der Waals surface area contributed by atoms with Crippen LogP contribution in [0.1, 0.15) is 25.3 Å². The number of aryl methyl sites for hydroxylation is 1. The largest absolute Gasteiger partial charge is 0.343 e. The molecule has 6 nitrogen and oxygen atoms in total. The Morgan fingerprint density at radius 3 is 2.27 bits per heavy atom. The molecule has 0 saturated carbocycles. The number of carbonyl (C=O) groups excluding carboxylic acids is 3. The fraction of sp³-hybridized carbons (Fsp3) is 0.438. The molecule has 1 aromatic rings. The number of amides is 4. The number of hydrogen-bond acceptors (Lipinski definition) is 3. The Bertz CT molecular complexity index is 631. The van der Waals surface area contributed by atoms with E-state index in [1.165, 1.54) is 6.92 Å². The summed E-state index contributed by atoms with van der Waals surface area (Å²) in [4.78, 5) is 39.4. The van der Waals surface area contributed by atoms with Gasteiger partial charge >= 0.3 is 6.03 Å². The lowest BCUT2D eigenvalue weighted by atomic mass is 9.85. The summed E-state index contributed by atoms with van der Waals surface area (Å²) >= 11 is 0. The van der Waals surface area contributed by atoms with Crippen LogP contribution in [0.5, 0.6) is 0 Å². The van der Waals surface area contributed by atoms with Crippen molar-refractivity contribution in [3.05, 3.63) is 29.8 Å². The number of nitrogens with zero attached hydrogens (tertiary/aromatic N) is 2. The van der Waals surface area contributed by atoms with Crippen LogP contribution >= 0.6 is 0 Å². The van der Waals surface area contributed by atoms with Crippen LogP contribution in [0.2, 0.25) is 0 Å². The van der Waals surface area contributed by atoms with Crippen molar-refractivity contribution in [1.82, 2.24) is 10.2 Å². The molecule has 2 saturated heterocycles. The molecule has 1 spiro atoms. The predicted molar refractivity (Wildman–Crippen MR) is 81.4 cm³/mol. The Hall–Kier alpha value is -2.37. The van der Waals surface area contributed by atoms with Gasteiger partial charge in [0.15, 0.2) is 0 Å². The number of likely N-dealkylation sites (tertiary alicyclic amines) is 1. The number of nitrogens with one attached hydrogen (secondary N) is 1. The van der Waals surface area contributed by atoms with E-state index >= 15 is 0 Å². The summed E-state index contributed by atoms with van der Waals surface area (Å²) in [6.45, 7) is 4.46. The molecule has 2 aliphatic rings. The van der Waals surface area contributed by atoms with Gasteiger partial charge in [0.1, 0.15) is 5.54 Å². The van der Waals surface area contributed by atoms with Crippen molar-refractivity contribution >= 4 is 23.5 Å². The minimum atomic E-state index is -0.877. The molecule has 3 rings (SSSR count). The molecule has 0 bridgehead atoms. The van der Waals surface area contributed by atoms with Gasteiger partial charge in [-0.05, 0) is 31.9 Å². The monoisotopic (exact) mass is 301 g/mol. The maximum Gasteiger partial charge on any atom is 0.329 e. The van der Waals surface area contributed by atoms with Crippen LogP contribution in [-0.2, 0) is 9.59 Å². The molecule has 0 unspecified atom stereocenters. The van der Waals surface area contributed by atoms with Crippen LogP contribution < -0.4 is 10.2 Å². The summed E-state index contributed by atoms with van der Waals surface area (Å²) in [5, 5.41) is 2.43. The fourth-order valence-corrected chi connectivity index (χ4v) is 3.27. The third-order valence-electron chi connectivity index (χ3n) is 4.60. The smallest absolute Gasteiger partial charge is 0.329 e. The highest BCUT2D eigenvalue weighted by Crippen LogP contribution is 2.37. The first kappa shape index (κ1) is 14.6. The average Bonchev–Trinajstić information content (AvgIpc) is 2.72. The molecule has 0 aromatic heterocycles. The first-order chi connectivity index (χ1) is 10.4. The third kappa shape index (κ3) is 2.15. The topological polar surface area (TPSA) is 69.7 Å². The van der Waals surface area contributed by atoms with Gasteiger partial charge in [-0.25, -0.2) is 4.79 Å². The number of urea groups is 1. The van der Waals surface area contributed by atoms with Crippen LogP contribution in [0.25, 0.3) is 0 Å². The molecule has 1 N–H and O–H groups in total. The predicted octanol–water partition coefficient (Wildman–Crippen LogP) is 1.43. The van der Waals surface area contributed by atoms with E-state index in [1.54, 1.807) is 9.80 Å². The zero-order valence-electron chi connectivity index (χ0n) is 12.8. The van der Waals surface area contributed by atoms with E-state index in [-0.39, 0.29) is 17.8 Å². The lowest BCUT2D eigenvalue weighted by molar-refractivity contribution is -0.133. The zero-order valence-corrected chi connectivity index (χ0v) is 12.8. The third-order valence-corrected chi connectivity index (χ3v) is 4.60. The average molecular weight is 301 g/mol. The standard InChI is InChI=1S/C16H19N3O3/c1-11-3-5-13(6-4-11)19-15(22)17-14(21)16(19)7-9-18(10-8-16)12(2)20/h3-6H,7-10H2,1-2H3,(H,17,21,22). The molecule has 0 aliphatic carbocycles. The number of rotatable bonds is 1. The second-order valence-electron chi connectivity index (χ2n) is 5.97. The zero-order chi connectivity index (χ0) is 15.9. The van der Waals surface area contributed by atoms with Crippen LogP contribution in [0.3, 0.4) is 0 Å². The highest BCUT2D eigenvalue weighted by Gasteiger charge is 2.54. The molecule has 22 heavy (non-hydrogen) atoms. The van der Waals surface area contributed by atoms with Crippen molar-refractivity contribution in [3.8, 4) is 0 Å². The van der Waals surface area contributed by atoms with Crippen LogP contribution in [0.4, 0.5) is 10.5 Å². The van der Waals surface area contributed by atoms with E-state index < -0.39 is 5.54 Å².